The normalized spacial score (nSPS) is 19.0. The van der Waals surface area contributed by atoms with E-state index in [2.05, 4.69) is 0 Å². The lowest BCUT2D eigenvalue weighted by Crippen LogP contribution is -2.64. The van der Waals surface area contributed by atoms with Gasteiger partial charge in [0.15, 0.2) is 11.5 Å². The number of halogens is 1. The third-order valence-electron chi connectivity index (χ3n) is 4.11. The van der Waals surface area contributed by atoms with Gasteiger partial charge < -0.3 is 14.2 Å². The minimum atomic E-state index is -4.81. The van der Waals surface area contributed by atoms with Crippen LogP contribution in [-0.2, 0) is 14.8 Å². The van der Waals surface area contributed by atoms with Crippen molar-refractivity contribution in [3.63, 3.8) is 0 Å². The lowest BCUT2D eigenvalue weighted by molar-refractivity contribution is -1.92. The lowest BCUT2D eigenvalue weighted by atomic mass is 9.94. The highest BCUT2D eigenvalue weighted by molar-refractivity contribution is 5.66. The van der Waals surface area contributed by atoms with Crippen LogP contribution in [0, 0.1) is 10.2 Å². The van der Waals surface area contributed by atoms with Crippen LogP contribution in [0.4, 0.5) is 0 Å². The standard InChI is InChI=1S/C20H19ClO7/c1-14-11-16-12-18(25-2)19(26-3)13-17(16)20(27-14,28-21(22,23)24)10-9-15-7-5-4-6-8-15/h4-13H,1-3H3. The van der Waals surface area contributed by atoms with Crippen LogP contribution in [0.2, 0.25) is 0 Å². The van der Waals surface area contributed by atoms with E-state index in [1.165, 1.54) is 26.4 Å². The van der Waals surface area contributed by atoms with Gasteiger partial charge in [0.1, 0.15) is 4.29 Å². The Bertz CT molecular complexity index is 903. The molecule has 0 radical (unpaired) electrons. The second-order valence-corrected chi connectivity index (χ2v) is 6.93. The summed E-state index contributed by atoms with van der Waals surface area (Å²) in [7, 11) is -1.88. The van der Waals surface area contributed by atoms with Gasteiger partial charge in [-0.05, 0) is 36.3 Å². The molecule has 2 aromatic carbocycles. The van der Waals surface area contributed by atoms with E-state index in [-0.39, 0.29) is 5.56 Å². The summed E-state index contributed by atoms with van der Waals surface area (Å²) in [5.41, 5.74) is 1.62. The summed E-state index contributed by atoms with van der Waals surface area (Å²) in [5.74, 6) is -0.864. The van der Waals surface area contributed by atoms with Crippen LogP contribution in [0.15, 0.2) is 54.3 Å². The number of benzene rings is 2. The van der Waals surface area contributed by atoms with Crippen LogP contribution in [0.1, 0.15) is 23.6 Å². The van der Waals surface area contributed by atoms with Crippen LogP contribution in [0.3, 0.4) is 0 Å². The summed E-state index contributed by atoms with van der Waals surface area (Å²) in [4.78, 5) is 0. The van der Waals surface area contributed by atoms with Gasteiger partial charge in [0.2, 0.25) is 0 Å². The molecule has 28 heavy (non-hydrogen) atoms. The average molecular weight is 407 g/mol. The smallest absolute Gasteiger partial charge is 0.408 e. The Morgan fingerprint density at radius 3 is 2.25 bits per heavy atom. The molecule has 0 fully saturated rings. The molecule has 0 saturated carbocycles. The summed E-state index contributed by atoms with van der Waals surface area (Å²) in [6, 6.07) is 12.3. The van der Waals surface area contributed by atoms with E-state index in [1.807, 2.05) is 30.3 Å². The highest BCUT2D eigenvalue weighted by Crippen LogP contribution is 2.44. The Morgan fingerprint density at radius 2 is 1.64 bits per heavy atom. The molecule has 0 amide bonds. The molecule has 148 valence electrons. The SMILES string of the molecule is COc1cc2c(cc1OC)C(C=Cc1ccccc1)(O[Cl+3]([O-])([O-])[O-])OC(C)=C2. The van der Waals surface area contributed by atoms with Gasteiger partial charge in [0.25, 0.3) is 0 Å². The summed E-state index contributed by atoms with van der Waals surface area (Å²) in [6.07, 6.45) is 4.68. The lowest BCUT2D eigenvalue weighted by Gasteiger charge is -2.32. The van der Waals surface area contributed by atoms with Gasteiger partial charge in [-0.1, -0.05) is 36.4 Å². The molecule has 0 bridgehead atoms. The van der Waals surface area contributed by atoms with E-state index < -0.39 is 16.0 Å². The third-order valence-corrected chi connectivity index (χ3v) is 4.52. The van der Waals surface area contributed by atoms with E-state index in [0.717, 1.165) is 5.56 Å². The van der Waals surface area contributed by atoms with Crippen LogP contribution < -0.4 is 23.5 Å². The fraction of sp³-hybridized carbons (Fsp3) is 0.200. The van der Waals surface area contributed by atoms with Crippen molar-refractivity contribution in [2.45, 2.75) is 12.7 Å². The summed E-state index contributed by atoms with van der Waals surface area (Å²) in [6.45, 7) is 1.63. The number of methoxy groups -OCH3 is 2. The molecule has 1 aliphatic heterocycles. The minimum absolute atomic E-state index is 0.287. The van der Waals surface area contributed by atoms with Crippen molar-refractivity contribution >= 4 is 12.2 Å². The van der Waals surface area contributed by atoms with Crippen molar-refractivity contribution in [3.8, 4) is 11.5 Å². The second kappa shape index (κ2) is 7.83. The molecule has 0 N–H and O–H groups in total. The summed E-state index contributed by atoms with van der Waals surface area (Å²) in [5, 5.41) is 0. The maximum absolute atomic E-state index is 11.5. The van der Waals surface area contributed by atoms with Gasteiger partial charge in [-0.3, -0.25) is 0 Å². The molecule has 2 aromatic rings. The van der Waals surface area contributed by atoms with E-state index in [1.54, 1.807) is 25.1 Å². The number of allylic oxidation sites excluding steroid dienone is 1. The maximum Gasteiger partial charge on any atom is 0.408 e. The molecule has 8 heteroatoms. The molecule has 0 saturated heterocycles. The molecule has 1 heterocycles. The number of hydrogen-bond acceptors (Lipinski definition) is 7. The molecule has 0 spiro atoms. The van der Waals surface area contributed by atoms with Gasteiger partial charge in [0, 0.05) is 6.08 Å². The monoisotopic (exact) mass is 406 g/mol. The highest BCUT2D eigenvalue weighted by Gasteiger charge is 2.52. The number of fused-ring (bicyclic) bond motifs is 1. The van der Waals surface area contributed by atoms with Crippen molar-refractivity contribution in [3.05, 3.63) is 71.0 Å². The molecule has 1 atom stereocenters. The van der Waals surface area contributed by atoms with Crippen molar-refractivity contribution in [2.24, 2.45) is 0 Å². The molecule has 1 unspecified atom stereocenters. The van der Waals surface area contributed by atoms with Crippen LogP contribution in [0.5, 0.6) is 11.5 Å². The molecular weight excluding hydrogens is 388 g/mol. The van der Waals surface area contributed by atoms with Gasteiger partial charge in [-0.15, -0.1) is 0 Å². The summed E-state index contributed by atoms with van der Waals surface area (Å²) < 4.78 is 55.8. The molecular formula is C20H19ClO7. The van der Waals surface area contributed by atoms with Crippen molar-refractivity contribution < 1.29 is 42.7 Å². The van der Waals surface area contributed by atoms with E-state index >= 15 is 0 Å². The first-order valence-electron chi connectivity index (χ1n) is 8.26. The van der Waals surface area contributed by atoms with Crippen LogP contribution in [-0.4, -0.2) is 14.2 Å². The largest absolute Gasteiger partial charge is 0.493 e. The van der Waals surface area contributed by atoms with Crippen LogP contribution >= 0.6 is 0 Å². The van der Waals surface area contributed by atoms with Gasteiger partial charge in [-0.2, -0.15) is 14.0 Å². The highest BCUT2D eigenvalue weighted by atomic mass is 35.7. The van der Waals surface area contributed by atoms with Gasteiger partial charge >= 0.3 is 5.79 Å². The fourth-order valence-corrected chi connectivity index (χ4v) is 3.42. The minimum Gasteiger partial charge on any atom is -0.493 e. The molecule has 0 aromatic heterocycles. The van der Waals surface area contributed by atoms with E-state index in [0.29, 0.717) is 22.8 Å². The fourth-order valence-electron chi connectivity index (χ4n) is 2.98. The van der Waals surface area contributed by atoms with E-state index in [4.69, 9.17) is 18.5 Å². The number of ether oxygens (including phenoxy) is 3. The first kappa shape index (κ1) is 20.2. The zero-order valence-corrected chi connectivity index (χ0v) is 16.3. The van der Waals surface area contributed by atoms with Crippen LogP contribution in [0.25, 0.3) is 12.2 Å². The Labute approximate surface area is 164 Å². The topological polar surface area (TPSA) is 106 Å². The van der Waals surface area contributed by atoms with Crippen molar-refractivity contribution in [2.75, 3.05) is 14.2 Å². The zero-order valence-electron chi connectivity index (χ0n) is 15.5. The maximum atomic E-state index is 11.5. The third kappa shape index (κ3) is 4.30. The van der Waals surface area contributed by atoms with Crippen molar-refractivity contribution in [1.29, 1.82) is 0 Å². The predicted molar refractivity (Wildman–Crippen MR) is 92.5 cm³/mol. The van der Waals surface area contributed by atoms with Crippen molar-refractivity contribution in [1.82, 2.24) is 0 Å². The Balaban J connectivity index is 2.20. The molecule has 0 aliphatic carbocycles. The zero-order chi connectivity index (χ0) is 20.4. The summed E-state index contributed by atoms with van der Waals surface area (Å²) >= 11 is 0. The second-order valence-electron chi connectivity index (χ2n) is 6.02. The Morgan fingerprint density at radius 1 is 1.00 bits per heavy atom. The average Bonchev–Trinajstić information content (AvgIpc) is 2.65. The molecule has 3 rings (SSSR count). The Hall–Kier alpha value is -2.55. The Kier molecular flexibility index (Phi) is 5.64. The number of rotatable bonds is 6. The molecule has 1 aliphatic rings. The first-order chi connectivity index (χ1) is 13.3. The molecule has 7 nitrogen and oxygen atoms in total. The first-order valence-corrected chi connectivity index (χ1v) is 9.49. The van der Waals surface area contributed by atoms with Gasteiger partial charge in [-0.25, -0.2) is 0 Å². The number of hydrogen-bond donors (Lipinski definition) is 0. The van der Waals surface area contributed by atoms with Gasteiger partial charge in [0.05, 0.1) is 35.8 Å². The van der Waals surface area contributed by atoms with E-state index in [9.17, 15) is 14.0 Å². The quantitative estimate of drug-likeness (QED) is 0.700. The predicted octanol–water partition coefficient (Wildman–Crippen LogP) is 0.875.